The molecule has 0 unspecified atom stereocenters. The zero-order valence-electron chi connectivity index (χ0n) is 17.8. The number of hydrogen-bond acceptors (Lipinski definition) is 6. The molecule has 5 rings (SSSR count). The first-order valence-electron chi connectivity index (χ1n) is 10.6. The van der Waals surface area contributed by atoms with Crippen LogP contribution in [0.1, 0.15) is 29.3 Å². The predicted octanol–water partition coefficient (Wildman–Crippen LogP) is 3.23. The zero-order chi connectivity index (χ0) is 23.3. The van der Waals surface area contributed by atoms with Crippen molar-refractivity contribution in [2.75, 3.05) is 12.3 Å². The Morgan fingerprint density at radius 1 is 1.15 bits per heavy atom. The topological polar surface area (TPSA) is 118 Å². The lowest BCUT2D eigenvalue weighted by Crippen LogP contribution is -2.31. The van der Waals surface area contributed by atoms with Gasteiger partial charge in [0.2, 0.25) is 0 Å². The van der Waals surface area contributed by atoms with Gasteiger partial charge in [-0.1, -0.05) is 25.1 Å². The van der Waals surface area contributed by atoms with E-state index in [4.69, 9.17) is 17.5 Å². The fraction of sp³-hybridized carbons (Fsp3) is 0.261. The van der Waals surface area contributed by atoms with Crippen LogP contribution in [0, 0.1) is 5.92 Å². The summed E-state index contributed by atoms with van der Waals surface area (Å²) in [5.74, 6) is 0.449. The molecular formula is C23H22ClN5O3S. The standard InChI is InChI=1S/C23H22ClN5O3S/c1-13-10-20(13)29(24)33(31,32)17-5-2-14(3-6-17)19-12-27-22(25)21(28-19)16-4-7-18-15(11-16)8-9-26-23(18)30/h2-7,11-13,20H,8-10H2,1H3,(H2,25,27)(H,26,30)/t13-,20-/m1/s1. The van der Waals surface area contributed by atoms with Crippen LogP contribution in [0.4, 0.5) is 5.82 Å². The maximum Gasteiger partial charge on any atom is 0.256 e. The maximum atomic E-state index is 12.8. The van der Waals surface area contributed by atoms with Crippen molar-refractivity contribution in [2.45, 2.75) is 30.7 Å². The summed E-state index contributed by atoms with van der Waals surface area (Å²) in [4.78, 5) is 21.1. The number of aromatic nitrogens is 2. The van der Waals surface area contributed by atoms with E-state index in [1.807, 2.05) is 13.0 Å². The van der Waals surface area contributed by atoms with Gasteiger partial charge in [-0.25, -0.2) is 18.4 Å². The normalized spacial score (nSPS) is 19.8. The SMILES string of the molecule is C[C@@H]1C[C@H]1N(Cl)S(=O)(=O)c1ccc(-c2cnc(N)c(-c3ccc4c(c3)CCNC4=O)n2)cc1. The van der Waals surface area contributed by atoms with Crippen molar-refractivity contribution in [3.8, 4) is 22.5 Å². The summed E-state index contributed by atoms with van der Waals surface area (Å²) >= 11 is 6.11. The van der Waals surface area contributed by atoms with E-state index in [9.17, 15) is 13.2 Å². The van der Waals surface area contributed by atoms with E-state index in [0.717, 1.165) is 27.8 Å². The molecule has 1 aromatic heterocycles. The van der Waals surface area contributed by atoms with Crippen LogP contribution in [0.2, 0.25) is 0 Å². The molecule has 33 heavy (non-hydrogen) atoms. The summed E-state index contributed by atoms with van der Waals surface area (Å²) in [6.45, 7) is 2.55. The molecule has 1 aliphatic carbocycles. The summed E-state index contributed by atoms with van der Waals surface area (Å²) in [6.07, 6.45) is 3.04. The van der Waals surface area contributed by atoms with E-state index in [2.05, 4.69) is 15.3 Å². The molecule has 2 atom stereocenters. The van der Waals surface area contributed by atoms with Crippen molar-refractivity contribution in [1.29, 1.82) is 0 Å². The second-order valence-electron chi connectivity index (χ2n) is 8.42. The molecule has 0 radical (unpaired) electrons. The summed E-state index contributed by atoms with van der Waals surface area (Å²) in [5.41, 5.74) is 10.2. The molecule has 2 heterocycles. The lowest BCUT2D eigenvalue weighted by atomic mass is 9.96. The van der Waals surface area contributed by atoms with Gasteiger partial charge in [-0.05, 0) is 60.4 Å². The molecule has 0 bridgehead atoms. The molecule has 1 amide bonds. The van der Waals surface area contributed by atoms with Gasteiger partial charge in [0.15, 0.2) is 0 Å². The molecule has 8 nitrogen and oxygen atoms in total. The summed E-state index contributed by atoms with van der Waals surface area (Å²) in [7, 11) is -3.77. The van der Waals surface area contributed by atoms with Crippen LogP contribution in [0.25, 0.3) is 22.5 Å². The van der Waals surface area contributed by atoms with Gasteiger partial charge >= 0.3 is 0 Å². The number of amides is 1. The van der Waals surface area contributed by atoms with Crippen molar-refractivity contribution in [3.63, 3.8) is 0 Å². The molecule has 1 fully saturated rings. The van der Waals surface area contributed by atoms with Crippen LogP contribution in [-0.4, -0.2) is 40.7 Å². The lowest BCUT2D eigenvalue weighted by Gasteiger charge is -2.17. The molecule has 3 aromatic rings. The number of rotatable bonds is 5. The molecule has 1 aliphatic heterocycles. The Balaban J connectivity index is 1.45. The molecule has 2 aliphatic rings. The van der Waals surface area contributed by atoms with Crippen molar-refractivity contribution in [3.05, 3.63) is 59.8 Å². The molecule has 0 saturated heterocycles. The second-order valence-corrected chi connectivity index (χ2v) is 10.8. The van der Waals surface area contributed by atoms with E-state index < -0.39 is 10.0 Å². The molecule has 2 aromatic carbocycles. The van der Waals surface area contributed by atoms with Gasteiger partial charge in [-0.3, -0.25) is 4.79 Å². The highest BCUT2D eigenvalue weighted by Crippen LogP contribution is 2.39. The number of halogens is 1. The Morgan fingerprint density at radius 3 is 2.55 bits per heavy atom. The van der Waals surface area contributed by atoms with Gasteiger partial charge in [0.25, 0.3) is 15.9 Å². The molecule has 0 spiro atoms. The number of nitrogen functional groups attached to an aromatic ring is 1. The molecular weight excluding hydrogens is 462 g/mol. The second kappa shape index (κ2) is 8.09. The average molecular weight is 484 g/mol. The van der Waals surface area contributed by atoms with E-state index in [1.165, 1.54) is 12.1 Å². The number of anilines is 1. The van der Waals surface area contributed by atoms with Gasteiger partial charge in [-0.2, -0.15) is 0 Å². The summed E-state index contributed by atoms with van der Waals surface area (Å²) in [6, 6.07) is 11.7. The fourth-order valence-corrected chi connectivity index (χ4v) is 5.83. The Hall–Kier alpha value is -3.01. The van der Waals surface area contributed by atoms with E-state index >= 15 is 0 Å². The van der Waals surface area contributed by atoms with Crippen LogP contribution in [0.5, 0.6) is 0 Å². The number of hydrogen-bond donors (Lipinski definition) is 2. The quantitative estimate of drug-likeness (QED) is 0.538. The van der Waals surface area contributed by atoms with Crippen LogP contribution in [-0.2, 0) is 16.4 Å². The van der Waals surface area contributed by atoms with E-state index in [1.54, 1.807) is 30.5 Å². The summed E-state index contributed by atoms with van der Waals surface area (Å²) < 4.78 is 26.4. The number of nitrogens with one attached hydrogen (secondary N) is 1. The van der Waals surface area contributed by atoms with Crippen molar-refractivity contribution >= 4 is 33.5 Å². The van der Waals surface area contributed by atoms with Crippen LogP contribution in [0.3, 0.4) is 0 Å². The highest BCUT2D eigenvalue weighted by Gasteiger charge is 2.43. The average Bonchev–Trinajstić information content (AvgIpc) is 3.55. The van der Waals surface area contributed by atoms with Gasteiger partial charge in [-0.15, -0.1) is 3.82 Å². The molecule has 10 heteroatoms. The number of fused-ring (bicyclic) bond motifs is 1. The zero-order valence-corrected chi connectivity index (χ0v) is 19.4. The number of nitrogens with two attached hydrogens (primary N) is 1. The van der Waals surface area contributed by atoms with Gasteiger partial charge in [0, 0.05) is 29.3 Å². The minimum absolute atomic E-state index is 0.0858. The monoisotopic (exact) mass is 483 g/mol. The third-order valence-electron chi connectivity index (χ3n) is 6.11. The fourth-order valence-electron chi connectivity index (χ4n) is 3.99. The van der Waals surface area contributed by atoms with Crippen LogP contribution >= 0.6 is 11.8 Å². The van der Waals surface area contributed by atoms with Crippen LogP contribution in [0.15, 0.2) is 53.6 Å². The van der Waals surface area contributed by atoms with Crippen molar-refractivity contribution in [2.24, 2.45) is 5.92 Å². The Kier molecular flexibility index (Phi) is 5.35. The molecule has 170 valence electrons. The third kappa shape index (κ3) is 3.96. The Morgan fingerprint density at radius 2 is 1.85 bits per heavy atom. The van der Waals surface area contributed by atoms with E-state index in [0.29, 0.717) is 29.1 Å². The van der Waals surface area contributed by atoms with Crippen molar-refractivity contribution < 1.29 is 13.2 Å². The first-order valence-corrected chi connectivity index (χ1v) is 12.4. The third-order valence-corrected chi connectivity index (χ3v) is 8.50. The Labute approximate surface area is 197 Å². The maximum absolute atomic E-state index is 12.8. The van der Waals surface area contributed by atoms with E-state index in [-0.39, 0.29) is 28.6 Å². The lowest BCUT2D eigenvalue weighted by molar-refractivity contribution is 0.0946. The summed E-state index contributed by atoms with van der Waals surface area (Å²) in [5, 5.41) is 2.83. The minimum Gasteiger partial charge on any atom is -0.382 e. The Bertz CT molecular complexity index is 1360. The van der Waals surface area contributed by atoms with Gasteiger partial charge in [0.1, 0.15) is 11.5 Å². The number of carbonyl (C=O) groups excluding carboxylic acids is 1. The number of nitrogens with zero attached hydrogens (tertiary/aromatic N) is 3. The highest BCUT2D eigenvalue weighted by atomic mass is 35.5. The molecule has 1 saturated carbocycles. The number of carbonyl (C=O) groups is 1. The largest absolute Gasteiger partial charge is 0.382 e. The number of sulfonamides is 1. The smallest absolute Gasteiger partial charge is 0.256 e. The van der Waals surface area contributed by atoms with Gasteiger partial charge in [0.05, 0.1) is 16.8 Å². The van der Waals surface area contributed by atoms with Crippen LogP contribution < -0.4 is 11.1 Å². The molecule has 3 N–H and O–H groups in total. The predicted molar refractivity (Wildman–Crippen MR) is 126 cm³/mol. The first kappa shape index (κ1) is 21.8. The van der Waals surface area contributed by atoms with Gasteiger partial charge < -0.3 is 11.1 Å². The first-order chi connectivity index (χ1) is 15.8. The highest BCUT2D eigenvalue weighted by molar-refractivity contribution is 7.90. The minimum atomic E-state index is -3.77. The number of benzene rings is 2. The van der Waals surface area contributed by atoms with Crippen molar-refractivity contribution in [1.82, 2.24) is 19.1 Å².